The molecule has 3 aromatic carbocycles. The van der Waals surface area contributed by atoms with Crippen LogP contribution in [0.2, 0.25) is 0 Å². The largest absolute Gasteiger partial charge is 0.457 e. The summed E-state index contributed by atoms with van der Waals surface area (Å²) < 4.78 is 88.4. The third-order valence-corrected chi connectivity index (χ3v) is 7.99. The number of hydrogen-bond donors (Lipinski definition) is 8. The number of anilines is 4. The van der Waals surface area contributed by atoms with Crippen LogP contribution in [0.25, 0.3) is 0 Å². The molecule has 0 aliphatic carbocycles. The number of nitrogens with two attached hydrogens (primary N) is 4. The zero-order chi connectivity index (χ0) is 39.0. The quantitative estimate of drug-likeness (QED) is 0.0106. The number of nitrogens with one attached hydrogen (secondary N) is 4. The van der Waals surface area contributed by atoms with E-state index in [-0.39, 0.29) is 70.4 Å². The van der Waals surface area contributed by atoms with Gasteiger partial charge in [-0.1, -0.05) is 16.4 Å². The number of hydrogen-bond acceptors (Lipinski definition) is 9. The fraction of sp³-hybridized carbons (Fsp3) is 0.344. The normalized spacial score (nSPS) is 12.1. The van der Waals surface area contributed by atoms with E-state index in [1.807, 2.05) is 0 Å². The zero-order valence-corrected chi connectivity index (χ0v) is 28.9. The number of alkyl halides is 6. The van der Waals surface area contributed by atoms with Crippen molar-refractivity contribution < 1.29 is 40.7 Å². The Morgan fingerprint density at radius 1 is 0.792 bits per heavy atom. The molecule has 14 nitrogen and oxygen atoms in total. The van der Waals surface area contributed by atoms with Gasteiger partial charge in [-0.3, -0.25) is 9.79 Å². The summed E-state index contributed by atoms with van der Waals surface area (Å²) in [4.78, 5) is 29.9. The van der Waals surface area contributed by atoms with Crippen LogP contribution in [0.4, 0.5) is 53.9 Å². The predicted octanol–water partition coefficient (Wildman–Crippen LogP) is 6.72. The minimum Gasteiger partial charge on any atom is -0.457 e. The Bertz CT molecular complexity index is 1760. The lowest BCUT2D eigenvalue weighted by molar-refractivity contribution is -0.138. The average molecular weight is 772 g/mol. The number of thioether (sulfide) groups is 1. The summed E-state index contributed by atoms with van der Waals surface area (Å²) in [6.45, 7) is 0.996. The van der Waals surface area contributed by atoms with Crippen LogP contribution in [0, 0.1) is 0 Å². The van der Waals surface area contributed by atoms with Gasteiger partial charge in [0.25, 0.3) is 0 Å². The van der Waals surface area contributed by atoms with Crippen molar-refractivity contribution in [2.24, 2.45) is 38.4 Å². The van der Waals surface area contributed by atoms with Crippen LogP contribution in [-0.4, -0.2) is 49.8 Å². The SMILES string of the molecule is NCCCNc1cc(Oc2cccc(NC(=O)Nc3cc(C(F)(F)F)cc(NC(=O)CCCCN=C(N)N=NN)c3SCCN)c2)cc(C(F)(F)F)c1. The van der Waals surface area contributed by atoms with E-state index in [0.29, 0.717) is 32.4 Å². The number of carbonyl (C=O) groups excluding carboxylic acids is 2. The summed E-state index contributed by atoms with van der Waals surface area (Å²) in [5.74, 6) is 4.27. The predicted molar refractivity (Wildman–Crippen MR) is 192 cm³/mol. The molecule has 53 heavy (non-hydrogen) atoms. The highest BCUT2D eigenvalue weighted by Gasteiger charge is 2.33. The summed E-state index contributed by atoms with van der Waals surface area (Å²) in [5, 5.41) is 16.6. The molecule has 0 fully saturated rings. The lowest BCUT2D eigenvalue weighted by atomic mass is 10.1. The van der Waals surface area contributed by atoms with Crippen molar-refractivity contribution in [3.05, 3.63) is 65.7 Å². The van der Waals surface area contributed by atoms with Gasteiger partial charge < -0.3 is 49.0 Å². The molecule has 21 heteroatoms. The summed E-state index contributed by atoms with van der Waals surface area (Å²) >= 11 is 1.01. The molecule has 12 N–H and O–H groups in total. The number of unbranched alkanes of at least 4 members (excludes halogenated alkanes) is 1. The third kappa shape index (κ3) is 14.3. The highest BCUT2D eigenvalue weighted by atomic mass is 32.2. The number of halogens is 6. The molecule has 0 aromatic heterocycles. The number of nitrogens with zero attached hydrogens (tertiary/aromatic N) is 3. The number of ether oxygens (including phenoxy) is 1. The van der Waals surface area contributed by atoms with Gasteiger partial charge in [0.1, 0.15) is 11.5 Å². The molecule has 0 saturated carbocycles. The number of carbonyl (C=O) groups is 2. The molecule has 288 valence electrons. The van der Waals surface area contributed by atoms with Gasteiger partial charge in [0.15, 0.2) is 0 Å². The summed E-state index contributed by atoms with van der Waals surface area (Å²) in [5.41, 5.74) is 14.2. The molecule has 3 rings (SSSR count). The molecular formula is C32H39F6N11O3S. The lowest BCUT2D eigenvalue weighted by Gasteiger charge is -2.19. The second-order valence-corrected chi connectivity index (χ2v) is 12.1. The van der Waals surface area contributed by atoms with E-state index in [2.05, 4.69) is 36.6 Å². The molecule has 0 atom stereocenters. The molecule has 3 aromatic rings. The first kappa shape index (κ1) is 42.1. The minimum absolute atomic E-state index is 0.0506. The van der Waals surface area contributed by atoms with Crippen LogP contribution in [0.1, 0.15) is 36.8 Å². The smallest absolute Gasteiger partial charge is 0.416 e. The monoisotopic (exact) mass is 771 g/mol. The van der Waals surface area contributed by atoms with Crippen LogP contribution in [-0.2, 0) is 17.1 Å². The number of amides is 3. The first-order valence-corrected chi connectivity index (χ1v) is 16.9. The topological polar surface area (TPSA) is 233 Å². The Hall–Kier alpha value is -5.28. The first-order chi connectivity index (χ1) is 25.1. The van der Waals surface area contributed by atoms with E-state index in [4.69, 9.17) is 27.8 Å². The van der Waals surface area contributed by atoms with Gasteiger partial charge in [0, 0.05) is 55.3 Å². The van der Waals surface area contributed by atoms with Crippen molar-refractivity contribution in [2.75, 3.05) is 53.2 Å². The van der Waals surface area contributed by atoms with Crippen molar-refractivity contribution in [2.45, 2.75) is 42.9 Å². The van der Waals surface area contributed by atoms with E-state index in [9.17, 15) is 35.9 Å². The molecule has 0 radical (unpaired) electrons. The fourth-order valence-corrected chi connectivity index (χ4v) is 5.36. The molecule has 0 spiro atoms. The van der Waals surface area contributed by atoms with E-state index in [1.165, 1.54) is 30.3 Å². The number of aliphatic imine (C=N–C) groups is 1. The highest BCUT2D eigenvalue weighted by Crippen LogP contribution is 2.41. The average Bonchev–Trinajstić information content (AvgIpc) is 3.07. The molecular weight excluding hydrogens is 732 g/mol. The maximum atomic E-state index is 14.0. The molecule has 0 saturated heterocycles. The van der Waals surface area contributed by atoms with Crippen molar-refractivity contribution in [3.63, 3.8) is 0 Å². The Morgan fingerprint density at radius 3 is 2.13 bits per heavy atom. The lowest BCUT2D eigenvalue weighted by Crippen LogP contribution is -2.21. The Morgan fingerprint density at radius 2 is 1.47 bits per heavy atom. The van der Waals surface area contributed by atoms with Gasteiger partial charge in [-0.05, 0) is 62.2 Å². The zero-order valence-electron chi connectivity index (χ0n) is 28.1. The summed E-state index contributed by atoms with van der Waals surface area (Å²) in [6.07, 6.45) is -8.36. The van der Waals surface area contributed by atoms with E-state index < -0.39 is 35.4 Å². The molecule has 0 aliphatic heterocycles. The Balaban J connectivity index is 1.81. The van der Waals surface area contributed by atoms with Gasteiger partial charge in [-0.25, -0.2) is 4.79 Å². The van der Waals surface area contributed by atoms with E-state index in [1.54, 1.807) is 0 Å². The van der Waals surface area contributed by atoms with Crippen molar-refractivity contribution in [3.8, 4) is 11.5 Å². The maximum absolute atomic E-state index is 14.0. The highest BCUT2D eigenvalue weighted by molar-refractivity contribution is 7.99. The minimum atomic E-state index is -4.85. The molecule has 0 heterocycles. The van der Waals surface area contributed by atoms with Crippen LogP contribution >= 0.6 is 11.8 Å². The van der Waals surface area contributed by atoms with Crippen LogP contribution in [0.3, 0.4) is 0 Å². The van der Waals surface area contributed by atoms with Crippen molar-refractivity contribution in [1.29, 1.82) is 0 Å². The van der Waals surface area contributed by atoms with Gasteiger partial charge >= 0.3 is 18.4 Å². The van der Waals surface area contributed by atoms with Crippen LogP contribution in [0.5, 0.6) is 11.5 Å². The number of urea groups is 1. The van der Waals surface area contributed by atoms with Crippen LogP contribution in [0.15, 0.2) is 74.8 Å². The Kier molecular flexibility index (Phi) is 16.0. The summed E-state index contributed by atoms with van der Waals surface area (Å²) in [7, 11) is 0. The van der Waals surface area contributed by atoms with Crippen molar-refractivity contribution >= 4 is 52.4 Å². The molecule has 0 bridgehead atoms. The summed E-state index contributed by atoms with van der Waals surface area (Å²) in [6, 6.07) is 9.26. The van der Waals surface area contributed by atoms with Crippen molar-refractivity contribution in [1.82, 2.24) is 0 Å². The Labute approximate surface area is 304 Å². The second kappa shape index (κ2) is 20.1. The fourth-order valence-electron chi connectivity index (χ4n) is 4.51. The second-order valence-electron chi connectivity index (χ2n) is 11.0. The van der Waals surface area contributed by atoms with Gasteiger partial charge in [0.05, 0.1) is 27.4 Å². The molecule has 0 aliphatic rings. The first-order valence-electron chi connectivity index (χ1n) is 15.9. The number of rotatable bonds is 17. The number of guanidine groups is 1. The van der Waals surface area contributed by atoms with E-state index >= 15 is 0 Å². The maximum Gasteiger partial charge on any atom is 0.416 e. The van der Waals surface area contributed by atoms with Crippen LogP contribution < -0.4 is 49.0 Å². The van der Waals surface area contributed by atoms with Gasteiger partial charge in [-0.2, -0.15) is 26.3 Å². The van der Waals surface area contributed by atoms with Gasteiger partial charge in [-0.15, -0.1) is 11.8 Å². The molecule has 3 amide bonds. The standard InChI is InChI=1S/C32H39F6N11O3S/c33-31(34,35)19-13-22(43-11-4-8-39)18-24(14-19)52-23-6-3-5-21(17-23)45-30(51)47-26-16-20(32(36,37)38)15-25(28(26)53-12-9-40)46-27(50)7-1-2-10-44-29(41)48-49-42/h3,5-6,13-18,43H,1-2,4,7-12,39-40H2,(H,46,50)(H2,45,47,51)(H4,41,42,44,48). The molecule has 0 unspecified atom stereocenters. The van der Waals surface area contributed by atoms with E-state index in [0.717, 1.165) is 36.0 Å². The number of benzene rings is 3. The third-order valence-electron chi connectivity index (χ3n) is 6.82. The van der Waals surface area contributed by atoms with Gasteiger partial charge in [0.2, 0.25) is 11.9 Å².